The normalized spacial score (nSPS) is 11.4. The maximum Gasteiger partial charge on any atom is 0.326 e. The zero-order valence-corrected chi connectivity index (χ0v) is 9.62. The smallest absolute Gasteiger partial charge is 0.326 e. The fourth-order valence-electron chi connectivity index (χ4n) is 1.19. The maximum absolute atomic E-state index is 11.7. The number of ether oxygens (including phenoxy) is 1. The SMILES string of the molecule is COC(=O)C[C@H](NC(=O)c1cccnc1)C(=O)O. The molecular weight excluding hydrogens is 240 g/mol. The Morgan fingerprint density at radius 3 is 2.72 bits per heavy atom. The van der Waals surface area contributed by atoms with Gasteiger partial charge in [0.05, 0.1) is 19.1 Å². The molecule has 1 amide bonds. The third-order valence-corrected chi connectivity index (χ3v) is 2.13. The van der Waals surface area contributed by atoms with Gasteiger partial charge in [0, 0.05) is 12.4 Å². The highest BCUT2D eigenvalue weighted by atomic mass is 16.5. The number of carboxylic acids is 1. The van der Waals surface area contributed by atoms with Crippen LogP contribution in [-0.2, 0) is 14.3 Å². The van der Waals surface area contributed by atoms with Gasteiger partial charge in [-0.15, -0.1) is 0 Å². The van der Waals surface area contributed by atoms with Crippen LogP contribution >= 0.6 is 0 Å². The van der Waals surface area contributed by atoms with E-state index in [0.29, 0.717) is 0 Å². The van der Waals surface area contributed by atoms with Crippen LogP contribution in [0.15, 0.2) is 24.5 Å². The second-order valence-corrected chi connectivity index (χ2v) is 3.39. The fourth-order valence-corrected chi connectivity index (χ4v) is 1.19. The molecule has 2 N–H and O–H groups in total. The summed E-state index contributed by atoms with van der Waals surface area (Å²) in [6.07, 6.45) is 2.35. The molecule has 0 bridgehead atoms. The molecule has 0 saturated carbocycles. The van der Waals surface area contributed by atoms with E-state index in [1.54, 1.807) is 6.07 Å². The summed E-state index contributed by atoms with van der Waals surface area (Å²) in [5, 5.41) is 11.1. The molecule has 0 aromatic carbocycles. The van der Waals surface area contributed by atoms with Gasteiger partial charge in [0.25, 0.3) is 5.91 Å². The van der Waals surface area contributed by atoms with Crippen LogP contribution in [0.5, 0.6) is 0 Å². The molecule has 1 aromatic rings. The first-order valence-corrected chi connectivity index (χ1v) is 5.05. The second kappa shape index (κ2) is 6.33. The Kier molecular flexibility index (Phi) is 4.79. The van der Waals surface area contributed by atoms with Crippen molar-refractivity contribution in [2.75, 3.05) is 7.11 Å². The number of hydrogen-bond donors (Lipinski definition) is 2. The summed E-state index contributed by atoms with van der Waals surface area (Å²) < 4.78 is 4.35. The van der Waals surface area contributed by atoms with Crippen molar-refractivity contribution in [1.82, 2.24) is 10.3 Å². The number of aliphatic carboxylic acids is 1. The van der Waals surface area contributed by atoms with Crippen molar-refractivity contribution < 1.29 is 24.2 Å². The van der Waals surface area contributed by atoms with E-state index >= 15 is 0 Å². The van der Waals surface area contributed by atoms with Gasteiger partial charge in [0.15, 0.2) is 0 Å². The van der Waals surface area contributed by atoms with E-state index < -0.39 is 30.3 Å². The van der Waals surface area contributed by atoms with Gasteiger partial charge in [-0.1, -0.05) is 0 Å². The van der Waals surface area contributed by atoms with Gasteiger partial charge in [-0.3, -0.25) is 14.6 Å². The van der Waals surface area contributed by atoms with Gasteiger partial charge in [0.1, 0.15) is 6.04 Å². The van der Waals surface area contributed by atoms with Gasteiger partial charge in [-0.25, -0.2) is 4.79 Å². The zero-order chi connectivity index (χ0) is 13.5. The van der Waals surface area contributed by atoms with Crippen molar-refractivity contribution >= 4 is 17.8 Å². The number of nitrogens with one attached hydrogen (secondary N) is 1. The Morgan fingerprint density at radius 1 is 1.50 bits per heavy atom. The predicted octanol–water partition coefficient (Wildman–Crippen LogP) is -0.172. The van der Waals surface area contributed by atoms with Gasteiger partial charge in [0.2, 0.25) is 0 Å². The third kappa shape index (κ3) is 3.85. The first-order valence-electron chi connectivity index (χ1n) is 5.05. The van der Waals surface area contributed by atoms with E-state index in [-0.39, 0.29) is 5.56 Å². The second-order valence-electron chi connectivity index (χ2n) is 3.39. The minimum Gasteiger partial charge on any atom is -0.480 e. The summed E-state index contributed by atoms with van der Waals surface area (Å²) in [7, 11) is 1.14. The van der Waals surface area contributed by atoms with Crippen molar-refractivity contribution in [1.29, 1.82) is 0 Å². The zero-order valence-electron chi connectivity index (χ0n) is 9.62. The van der Waals surface area contributed by atoms with Crippen LogP contribution in [0.25, 0.3) is 0 Å². The number of aromatic nitrogens is 1. The summed E-state index contributed by atoms with van der Waals surface area (Å²) in [6.45, 7) is 0. The Hall–Kier alpha value is -2.44. The molecule has 0 radical (unpaired) electrons. The number of esters is 1. The Balaban J connectivity index is 2.70. The van der Waals surface area contributed by atoms with Gasteiger partial charge >= 0.3 is 11.9 Å². The Bertz CT molecular complexity index is 446. The highest BCUT2D eigenvalue weighted by molar-refractivity contribution is 5.97. The van der Waals surface area contributed by atoms with Crippen molar-refractivity contribution in [3.63, 3.8) is 0 Å². The number of rotatable bonds is 5. The van der Waals surface area contributed by atoms with Gasteiger partial charge in [-0.2, -0.15) is 0 Å². The van der Waals surface area contributed by atoms with Crippen LogP contribution in [0, 0.1) is 0 Å². The van der Waals surface area contributed by atoms with Crippen LogP contribution in [0.4, 0.5) is 0 Å². The lowest BCUT2D eigenvalue weighted by molar-refractivity contribution is -0.147. The Morgan fingerprint density at radius 2 is 2.22 bits per heavy atom. The predicted molar refractivity (Wildman–Crippen MR) is 59.8 cm³/mol. The third-order valence-electron chi connectivity index (χ3n) is 2.13. The lowest BCUT2D eigenvalue weighted by Crippen LogP contribution is -2.42. The number of nitrogens with zero attached hydrogens (tertiary/aromatic N) is 1. The molecule has 7 heteroatoms. The van der Waals surface area contributed by atoms with Crippen molar-refractivity contribution in [3.8, 4) is 0 Å². The molecule has 1 aromatic heterocycles. The monoisotopic (exact) mass is 252 g/mol. The molecule has 0 fully saturated rings. The first-order chi connectivity index (χ1) is 8.54. The molecule has 1 heterocycles. The largest absolute Gasteiger partial charge is 0.480 e. The number of methoxy groups -OCH3 is 1. The molecule has 18 heavy (non-hydrogen) atoms. The number of carboxylic acid groups (broad SMARTS) is 1. The van der Waals surface area contributed by atoms with Gasteiger partial charge in [-0.05, 0) is 12.1 Å². The van der Waals surface area contributed by atoms with E-state index in [1.807, 2.05) is 0 Å². The molecular formula is C11H12N2O5. The van der Waals surface area contributed by atoms with E-state index in [9.17, 15) is 14.4 Å². The lowest BCUT2D eigenvalue weighted by Gasteiger charge is -2.12. The average molecular weight is 252 g/mol. The molecule has 0 spiro atoms. The number of carbonyl (C=O) groups excluding carboxylic acids is 2. The summed E-state index contributed by atoms with van der Waals surface area (Å²) in [5.41, 5.74) is 0.216. The van der Waals surface area contributed by atoms with Crippen LogP contribution in [0.2, 0.25) is 0 Å². The number of hydrogen-bond acceptors (Lipinski definition) is 5. The molecule has 0 aliphatic carbocycles. The summed E-state index contributed by atoms with van der Waals surface area (Å²) >= 11 is 0. The van der Waals surface area contributed by atoms with Crippen molar-refractivity contribution in [3.05, 3.63) is 30.1 Å². The highest BCUT2D eigenvalue weighted by Gasteiger charge is 2.24. The number of carbonyl (C=O) groups is 3. The molecule has 7 nitrogen and oxygen atoms in total. The van der Waals surface area contributed by atoms with E-state index in [0.717, 1.165) is 7.11 Å². The molecule has 96 valence electrons. The van der Waals surface area contributed by atoms with Crippen LogP contribution < -0.4 is 5.32 Å². The molecule has 1 atom stereocenters. The minimum absolute atomic E-state index is 0.216. The van der Waals surface area contributed by atoms with Crippen LogP contribution in [0.1, 0.15) is 16.8 Å². The topological polar surface area (TPSA) is 106 Å². The van der Waals surface area contributed by atoms with Crippen LogP contribution in [-0.4, -0.2) is 41.1 Å². The van der Waals surface area contributed by atoms with Gasteiger partial charge < -0.3 is 15.2 Å². The summed E-state index contributed by atoms with van der Waals surface area (Å²) in [6, 6.07) is 1.70. The summed E-state index contributed by atoms with van der Waals surface area (Å²) in [4.78, 5) is 37.3. The van der Waals surface area contributed by atoms with Crippen molar-refractivity contribution in [2.24, 2.45) is 0 Å². The van der Waals surface area contributed by atoms with Crippen LogP contribution in [0.3, 0.4) is 0 Å². The molecule has 0 aliphatic heterocycles. The van der Waals surface area contributed by atoms with E-state index in [1.165, 1.54) is 18.5 Å². The maximum atomic E-state index is 11.7. The quantitative estimate of drug-likeness (QED) is 0.705. The summed E-state index contributed by atoms with van der Waals surface area (Å²) in [5.74, 6) is -2.63. The van der Waals surface area contributed by atoms with Crippen molar-refractivity contribution in [2.45, 2.75) is 12.5 Å². The van der Waals surface area contributed by atoms with E-state index in [2.05, 4.69) is 15.0 Å². The molecule has 0 aliphatic rings. The number of amides is 1. The standard InChI is InChI=1S/C11H12N2O5/c1-18-9(14)5-8(11(16)17)13-10(15)7-3-2-4-12-6-7/h2-4,6,8H,5H2,1H3,(H,13,15)(H,16,17)/t8-/m0/s1. The van der Waals surface area contributed by atoms with E-state index in [4.69, 9.17) is 5.11 Å². The Labute approximate surface area is 103 Å². The number of pyridine rings is 1. The fraction of sp³-hybridized carbons (Fsp3) is 0.273. The lowest BCUT2D eigenvalue weighted by atomic mass is 10.2. The molecule has 0 unspecified atom stereocenters. The first kappa shape index (κ1) is 13.6. The molecule has 0 saturated heterocycles. The highest BCUT2D eigenvalue weighted by Crippen LogP contribution is 2.00. The minimum atomic E-state index is -1.33. The average Bonchev–Trinajstić information content (AvgIpc) is 2.38. The molecule has 1 rings (SSSR count).